The van der Waals surface area contributed by atoms with Crippen molar-refractivity contribution in [2.45, 2.75) is 0 Å². The van der Waals surface area contributed by atoms with Gasteiger partial charge in [0.2, 0.25) is 0 Å². The van der Waals surface area contributed by atoms with Crippen molar-refractivity contribution >= 4 is 28.9 Å². The summed E-state index contributed by atoms with van der Waals surface area (Å²) in [6.07, 6.45) is 0. The molecule has 0 unspecified atom stereocenters. The topological polar surface area (TPSA) is 60.2 Å². The average molecular weight is 258 g/mol. The van der Waals surface area contributed by atoms with Gasteiger partial charge in [-0.2, -0.15) is 0 Å². The van der Waals surface area contributed by atoms with E-state index in [-0.39, 0.29) is 11.6 Å². The Balaban J connectivity index is 2.32. The van der Waals surface area contributed by atoms with Gasteiger partial charge in [0.05, 0.1) is 0 Å². The van der Waals surface area contributed by atoms with E-state index in [4.69, 9.17) is 17.3 Å². The highest BCUT2D eigenvalue weighted by Gasteiger charge is 2.29. The summed E-state index contributed by atoms with van der Waals surface area (Å²) < 4.78 is 0. The monoisotopic (exact) mass is 257 g/mol. The fraction of sp³-hybridized carbons (Fsp3) is 0. The van der Waals surface area contributed by atoms with Crippen LogP contribution in [0.4, 0.5) is 5.69 Å². The summed E-state index contributed by atoms with van der Waals surface area (Å²) in [7, 11) is 0. The van der Waals surface area contributed by atoms with E-state index in [1.165, 1.54) is 12.1 Å². The molecule has 0 saturated heterocycles. The smallest absolute Gasteiger partial charge is 0.194 e. The van der Waals surface area contributed by atoms with Crippen molar-refractivity contribution in [2.24, 2.45) is 0 Å². The van der Waals surface area contributed by atoms with Gasteiger partial charge in [-0.05, 0) is 36.4 Å². The van der Waals surface area contributed by atoms with Gasteiger partial charge < -0.3 is 5.73 Å². The molecule has 4 heteroatoms. The Kier molecular flexibility index (Phi) is 2.25. The van der Waals surface area contributed by atoms with E-state index in [9.17, 15) is 9.59 Å². The van der Waals surface area contributed by atoms with Gasteiger partial charge in [0.25, 0.3) is 0 Å². The number of hydrogen-bond acceptors (Lipinski definition) is 3. The van der Waals surface area contributed by atoms with E-state index in [0.717, 1.165) is 0 Å². The lowest BCUT2D eigenvalue weighted by Gasteiger charge is -2.17. The van der Waals surface area contributed by atoms with E-state index in [0.29, 0.717) is 33.0 Å². The number of anilines is 1. The Morgan fingerprint density at radius 1 is 0.778 bits per heavy atom. The molecular weight excluding hydrogens is 250 g/mol. The molecule has 0 heterocycles. The predicted octanol–water partition coefficient (Wildman–Crippen LogP) is 2.70. The normalized spacial score (nSPS) is 13.2. The number of nitrogen functional groups attached to an aromatic ring is 1. The third-order valence-electron chi connectivity index (χ3n) is 3.00. The first-order valence-electron chi connectivity index (χ1n) is 5.36. The molecule has 0 atom stereocenters. The molecule has 1 aliphatic carbocycles. The van der Waals surface area contributed by atoms with Gasteiger partial charge >= 0.3 is 0 Å². The highest BCUT2D eigenvalue weighted by atomic mass is 35.5. The summed E-state index contributed by atoms with van der Waals surface area (Å²) in [5, 5.41) is 0.433. The lowest BCUT2D eigenvalue weighted by atomic mass is 9.84. The van der Waals surface area contributed by atoms with Gasteiger partial charge in [-0.25, -0.2) is 0 Å². The molecule has 88 valence electrons. The minimum Gasteiger partial charge on any atom is -0.399 e. The molecule has 0 saturated carbocycles. The molecule has 0 spiro atoms. The summed E-state index contributed by atoms with van der Waals surface area (Å²) in [6, 6.07) is 9.43. The number of ketones is 2. The summed E-state index contributed by atoms with van der Waals surface area (Å²) in [6.45, 7) is 0. The summed E-state index contributed by atoms with van der Waals surface area (Å²) in [5.74, 6) is -0.384. The number of halogens is 1. The van der Waals surface area contributed by atoms with Crippen LogP contribution in [0.25, 0.3) is 0 Å². The van der Waals surface area contributed by atoms with Crippen molar-refractivity contribution in [3.8, 4) is 0 Å². The van der Waals surface area contributed by atoms with Crippen LogP contribution in [0.5, 0.6) is 0 Å². The minimum absolute atomic E-state index is 0.170. The highest BCUT2D eigenvalue weighted by molar-refractivity contribution is 6.33. The van der Waals surface area contributed by atoms with E-state index in [2.05, 4.69) is 0 Å². The maximum atomic E-state index is 12.3. The molecule has 3 rings (SSSR count). The second-order valence-electron chi connectivity index (χ2n) is 4.15. The van der Waals surface area contributed by atoms with Crippen molar-refractivity contribution in [3.05, 3.63) is 63.7 Å². The zero-order valence-electron chi connectivity index (χ0n) is 9.24. The van der Waals surface area contributed by atoms with Crippen molar-refractivity contribution in [2.75, 3.05) is 5.73 Å². The van der Waals surface area contributed by atoms with Crippen molar-refractivity contribution in [1.82, 2.24) is 0 Å². The fourth-order valence-electron chi connectivity index (χ4n) is 2.14. The number of benzene rings is 2. The van der Waals surface area contributed by atoms with Crippen LogP contribution in [-0.2, 0) is 0 Å². The lowest BCUT2D eigenvalue weighted by molar-refractivity contribution is 0.0979. The van der Waals surface area contributed by atoms with Crippen LogP contribution in [0.15, 0.2) is 36.4 Å². The van der Waals surface area contributed by atoms with Gasteiger partial charge in [-0.1, -0.05) is 11.6 Å². The Morgan fingerprint density at radius 3 is 2.06 bits per heavy atom. The number of hydrogen-bond donors (Lipinski definition) is 1. The molecule has 0 aromatic heterocycles. The molecule has 2 N–H and O–H groups in total. The molecule has 0 fully saturated rings. The number of carbonyl (C=O) groups excluding carboxylic acids is 2. The molecule has 0 radical (unpaired) electrons. The van der Waals surface area contributed by atoms with Crippen LogP contribution in [0.2, 0.25) is 5.02 Å². The SMILES string of the molecule is Nc1ccc2c(c1)C(=O)c1cc(Cl)ccc1C2=O. The summed E-state index contributed by atoms with van der Waals surface area (Å²) in [4.78, 5) is 24.5. The van der Waals surface area contributed by atoms with Crippen molar-refractivity contribution in [1.29, 1.82) is 0 Å². The van der Waals surface area contributed by atoms with Crippen LogP contribution in [-0.4, -0.2) is 11.6 Å². The molecule has 18 heavy (non-hydrogen) atoms. The van der Waals surface area contributed by atoms with Gasteiger partial charge in [-0.15, -0.1) is 0 Å². The first kappa shape index (κ1) is 11.0. The lowest BCUT2D eigenvalue weighted by Crippen LogP contribution is -2.21. The van der Waals surface area contributed by atoms with E-state index < -0.39 is 0 Å². The number of carbonyl (C=O) groups is 2. The summed E-state index contributed by atoms with van der Waals surface area (Å²) in [5.41, 5.74) is 7.57. The molecule has 0 amide bonds. The molecule has 2 aromatic carbocycles. The van der Waals surface area contributed by atoms with Crippen LogP contribution in [0, 0.1) is 0 Å². The molecule has 0 aliphatic heterocycles. The van der Waals surface area contributed by atoms with Gasteiger partial charge in [-0.3, -0.25) is 9.59 Å². The number of rotatable bonds is 0. The predicted molar refractivity (Wildman–Crippen MR) is 69.2 cm³/mol. The molecular formula is C14H8ClNO2. The molecule has 1 aliphatic rings. The van der Waals surface area contributed by atoms with E-state index >= 15 is 0 Å². The van der Waals surface area contributed by atoms with Crippen LogP contribution in [0.1, 0.15) is 31.8 Å². The molecule has 0 bridgehead atoms. The Morgan fingerprint density at radius 2 is 1.33 bits per heavy atom. The fourth-order valence-corrected chi connectivity index (χ4v) is 2.31. The van der Waals surface area contributed by atoms with E-state index in [1.54, 1.807) is 24.3 Å². The second kappa shape index (κ2) is 3.68. The minimum atomic E-state index is -0.214. The standard InChI is InChI=1S/C14H8ClNO2/c15-7-1-3-9-11(5-7)14(18)12-6-8(16)2-4-10(12)13(9)17/h1-6H,16H2. The third kappa shape index (κ3) is 1.45. The van der Waals surface area contributed by atoms with Crippen LogP contribution in [0.3, 0.4) is 0 Å². The summed E-state index contributed by atoms with van der Waals surface area (Å²) >= 11 is 5.86. The van der Waals surface area contributed by atoms with Crippen molar-refractivity contribution < 1.29 is 9.59 Å². The highest BCUT2D eigenvalue weighted by Crippen LogP contribution is 2.30. The first-order chi connectivity index (χ1) is 8.58. The van der Waals surface area contributed by atoms with E-state index in [1.807, 2.05) is 0 Å². The van der Waals surface area contributed by atoms with Crippen LogP contribution < -0.4 is 5.73 Å². The maximum absolute atomic E-state index is 12.3. The van der Waals surface area contributed by atoms with Gasteiger partial charge in [0.1, 0.15) is 0 Å². The number of nitrogens with two attached hydrogens (primary N) is 1. The second-order valence-corrected chi connectivity index (χ2v) is 4.59. The Bertz CT molecular complexity index is 649. The largest absolute Gasteiger partial charge is 0.399 e. The van der Waals surface area contributed by atoms with Crippen molar-refractivity contribution in [3.63, 3.8) is 0 Å². The third-order valence-corrected chi connectivity index (χ3v) is 3.24. The maximum Gasteiger partial charge on any atom is 0.194 e. The Labute approximate surface area is 108 Å². The zero-order valence-corrected chi connectivity index (χ0v) is 9.99. The van der Waals surface area contributed by atoms with Gasteiger partial charge in [0, 0.05) is 33.0 Å². The zero-order chi connectivity index (χ0) is 12.9. The molecule has 2 aromatic rings. The quantitative estimate of drug-likeness (QED) is 0.630. The van der Waals surface area contributed by atoms with Gasteiger partial charge in [0.15, 0.2) is 11.6 Å². The average Bonchev–Trinajstić information content (AvgIpc) is 2.35. The first-order valence-corrected chi connectivity index (χ1v) is 5.74. The molecule has 3 nitrogen and oxygen atoms in total. The Hall–Kier alpha value is -2.13. The van der Waals surface area contributed by atoms with Crippen LogP contribution >= 0.6 is 11.6 Å². The number of fused-ring (bicyclic) bond motifs is 2.